The molecule has 3 aromatic heterocycles. The third kappa shape index (κ3) is 11.7. The van der Waals surface area contributed by atoms with E-state index in [1.165, 1.54) is 6.92 Å². The number of aromatic nitrogens is 5. The molecule has 2 aromatic carbocycles. The van der Waals surface area contributed by atoms with Gasteiger partial charge in [-0.1, -0.05) is 30.6 Å². The van der Waals surface area contributed by atoms with E-state index in [9.17, 15) is 32.9 Å². The minimum Gasteiger partial charge on any atom is -0.385 e. The number of nitrogens with one attached hydrogen (secondary N) is 4. The topological polar surface area (TPSA) is 204 Å². The van der Waals surface area contributed by atoms with Gasteiger partial charge in [0.1, 0.15) is 0 Å². The highest BCUT2D eigenvalue weighted by Gasteiger charge is 2.35. The second-order valence-electron chi connectivity index (χ2n) is 18.4. The molecule has 4 amide bonds. The fourth-order valence-corrected chi connectivity index (χ4v) is 10.5. The number of hydrogen-bond donors (Lipinski definition) is 4. The van der Waals surface area contributed by atoms with Gasteiger partial charge in [0.05, 0.1) is 42.3 Å². The van der Waals surface area contributed by atoms with E-state index in [2.05, 4.69) is 51.0 Å². The van der Waals surface area contributed by atoms with E-state index in [1.807, 2.05) is 11.0 Å². The monoisotopic (exact) mass is 981 g/mol. The molecule has 70 heavy (non-hydrogen) atoms. The van der Waals surface area contributed by atoms with Crippen molar-refractivity contribution in [2.24, 2.45) is 12.2 Å². The molecule has 0 atom stereocenters. The quantitative estimate of drug-likeness (QED) is 0.0457. The van der Waals surface area contributed by atoms with Crippen LogP contribution in [0.1, 0.15) is 116 Å². The number of nitroso groups, excluding NO2 is 1. The number of hydrogen-bond acceptors (Lipinski definition) is 13. The average molecular weight is 982 g/mol. The zero-order chi connectivity index (χ0) is 49.5. The number of carbonyl (C=O) groups is 4. The summed E-state index contributed by atoms with van der Waals surface area (Å²) in [5.41, 5.74) is 6.68. The van der Waals surface area contributed by atoms with E-state index in [4.69, 9.17) is 5.10 Å². The lowest BCUT2D eigenvalue weighted by Crippen LogP contribution is -2.42. The number of benzene rings is 2. The molecule has 5 aromatic rings. The predicted octanol–water partition coefficient (Wildman–Crippen LogP) is 8.40. The van der Waals surface area contributed by atoms with Crippen molar-refractivity contribution in [3.8, 4) is 11.1 Å². The van der Waals surface area contributed by atoms with Crippen LogP contribution in [0.25, 0.3) is 11.1 Å². The third-order valence-corrected chi connectivity index (χ3v) is 14.3. The third-order valence-electron chi connectivity index (χ3n) is 13.3. The minimum atomic E-state index is -2.68. The smallest absolute Gasteiger partial charge is 0.264 e. The molecule has 0 saturated carbocycles. The van der Waals surface area contributed by atoms with Crippen LogP contribution in [0.3, 0.4) is 0 Å². The molecule has 3 aliphatic heterocycles. The molecular weight excluding hydrogens is 921 g/mol. The standard InChI is InChI=1S/C49H61F2N13O5S/c1-30-48(59-69)70-49(55-30)57-47(68)37-13-12-35(24-41(37)56-31(2)65)52-17-8-6-5-7-9-18-53-44(67)29-61-20-14-36(15-21-61)64-42-16-22-62(32(3)66)28-40(42)46(58-64)63-19-10-11-33-23-38(34-26-54-60(4)27-34)39(45(50)51)25-43(33)63/h12-13,23-27,36,45,52H,5-11,14-22,28-29H2,1-4H3,(H,53,67)(H,56,65)(H,55,57,68). The number of carbonyl (C=O) groups excluding carboxylic acids is 4. The van der Waals surface area contributed by atoms with Crippen LogP contribution >= 0.6 is 11.3 Å². The number of rotatable bonds is 19. The maximum Gasteiger partial charge on any atom is 0.264 e. The fraction of sp³-hybridized carbons (Fsp3) is 0.490. The first-order chi connectivity index (χ1) is 33.8. The normalized spacial score (nSPS) is 15.1. The Morgan fingerprint density at radius 1 is 0.943 bits per heavy atom. The first-order valence-electron chi connectivity index (χ1n) is 24.1. The van der Waals surface area contributed by atoms with Crippen molar-refractivity contribution in [3.63, 3.8) is 0 Å². The van der Waals surface area contributed by atoms with Gasteiger partial charge >= 0.3 is 0 Å². The summed E-state index contributed by atoms with van der Waals surface area (Å²) in [4.78, 5) is 71.8. The maximum absolute atomic E-state index is 14.7. The number of piperidine rings is 1. The Morgan fingerprint density at radius 2 is 1.71 bits per heavy atom. The fourth-order valence-electron chi connectivity index (χ4n) is 9.73. The van der Waals surface area contributed by atoms with Crippen LogP contribution in [0.15, 0.2) is 47.9 Å². The molecule has 4 N–H and O–H groups in total. The summed E-state index contributed by atoms with van der Waals surface area (Å²) in [6.45, 7) is 9.33. The van der Waals surface area contributed by atoms with E-state index < -0.39 is 12.3 Å². The SMILES string of the molecule is CC(=O)Nc1cc(NCCCCCCCNC(=O)CN2CCC(n3nc(N4CCCc5cc(-c6cnn(C)c6)c(C(F)F)cc54)c4c3CCN(C(C)=O)C4)CC2)ccc1C(=O)Nc1nc(C)c(N=O)s1. The highest BCUT2D eigenvalue weighted by molar-refractivity contribution is 7.19. The van der Waals surface area contributed by atoms with Crippen molar-refractivity contribution in [2.75, 3.05) is 66.7 Å². The number of fused-ring (bicyclic) bond motifs is 2. The Hall–Kier alpha value is -6.61. The molecule has 0 bridgehead atoms. The van der Waals surface area contributed by atoms with Crippen LogP contribution in [-0.2, 0) is 40.8 Å². The number of aryl methyl sites for hydroxylation is 3. The number of amides is 4. The lowest BCUT2D eigenvalue weighted by atomic mass is 9.92. The summed E-state index contributed by atoms with van der Waals surface area (Å²) in [5, 5.41) is 24.7. The minimum absolute atomic E-state index is 0.00837. The molecule has 372 valence electrons. The summed E-state index contributed by atoms with van der Waals surface area (Å²) < 4.78 is 33.2. The van der Waals surface area contributed by atoms with Crippen LogP contribution in [0.4, 0.5) is 41.8 Å². The van der Waals surface area contributed by atoms with Gasteiger partial charge in [0, 0.05) is 107 Å². The number of nitrogens with zero attached hydrogens (tertiary/aromatic N) is 9. The molecule has 21 heteroatoms. The van der Waals surface area contributed by atoms with Gasteiger partial charge in [0.25, 0.3) is 12.3 Å². The van der Waals surface area contributed by atoms with Crippen LogP contribution in [0.5, 0.6) is 0 Å². The van der Waals surface area contributed by atoms with Crippen LogP contribution < -0.4 is 26.2 Å². The largest absolute Gasteiger partial charge is 0.385 e. The summed E-state index contributed by atoms with van der Waals surface area (Å²) in [6.07, 6.45) is 9.34. The van der Waals surface area contributed by atoms with Gasteiger partial charge in [-0.3, -0.25) is 38.8 Å². The van der Waals surface area contributed by atoms with E-state index in [-0.39, 0.29) is 45.0 Å². The van der Waals surface area contributed by atoms with E-state index >= 15 is 0 Å². The average Bonchev–Trinajstić information content (AvgIpc) is 4.05. The lowest BCUT2D eigenvalue weighted by molar-refractivity contribution is -0.129. The first kappa shape index (κ1) is 49.8. The van der Waals surface area contributed by atoms with Gasteiger partial charge in [0.2, 0.25) is 17.7 Å². The van der Waals surface area contributed by atoms with E-state index in [0.717, 1.165) is 116 Å². The van der Waals surface area contributed by atoms with Gasteiger partial charge in [-0.05, 0) is 92.1 Å². The van der Waals surface area contributed by atoms with Gasteiger partial charge in [-0.2, -0.15) is 10.2 Å². The van der Waals surface area contributed by atoms with E-state index in [0.29, 0.717) is 68.2 Å². The zero-order valence-electron chi connectivity index (χ0n) is 40.2. The molecule has 18 nitrogen and oxygen atoms in total. The number of thiazole rings is 1. The van der Waals surface area contributed by atoms with Crippen molar-refractivity contribution >= 4 is 68.0 Å². The number of likely N-dealkylation sites (tertiary alicyclic amines) is 1. The van der Waals surface area contributed by atoms with Gasteiger partial charge in [0.15, 0.2) is 16.0 Å². The molecule has 0 unspecified atom stereocenters. The summed E-state index contributed by atoms with van der Waals surface area (Å²) in [5.74, 6) is -0.0588. The highest BCUT2D eigenvalue weighted by atomic mass is 32.1. The number of unbranched alkanes of at least 4 members (excludes halogenated alkanes) is 4. The maximum atomic E-state index is 14.7. The predicted molar refractivity (Wildman–Crippen MR) is 266 cm³/mol. The highest BCUT2D eigenvalue weighted by Crippen LogP contribution is 2.44. The molecule has 3 aliphatic rings. The lowest BCUT2D eigenvalue weighted by Gasteiger charge is -2.33. The van der Waals surface area contributed by atoms with Gasteiger partial charge < -0.3 is 25.8 Å². The number of alkyl halides is 2. The molecular formula is C49H61F2N13O5S. The summed E-state index contributed by atoms with van der Waals surface area (Å²) in [7, 11) is 1.77. The van der Waals surface area contributed by atoms with Crippen LogP contribution in [-0.4, -0.2) is 104 Å². The van der Waals surface area contributed by atoms with Crippen molar-refractivity contribution in [3.05, 3.63) is 81.3 Å². The van der Waals surface area contributed by atoms with Crippen molar-refractivity contribution < 1.29 is 28.0 Å². The molecule has 6 heterocycles. The molecule has 0 aliphatic carbocycles. The number of halogens is 2. The Kier molecular flexibility index (Phi) is 16.0. The van der Waals surface area contributed by atoms with Crippen molar-refractivity contribution in [1.29, 1.82) is 0 Å². The molecule has 0 radical (unpaired) electrons. The zero-order valence-corrected chi connectivity index (χ0v) is 41.0. The Bertz CT molecular complexity index is 2730. The summed E-state index contributed by atoms with van der Waals surface area (Å²) >= 11 is 0.975. The van der Waals surface area contributed by atoms with Crippen molar-refractivity contribution in [2.45, 2.75) is 104 Å². The van der Waals surface area contributed by atoms with Crippen molar-refractivity contribution in [1.82, 2.24) is 39.7 Å². The Balaban J connectivity index is 0.784. The molecule has 1 saturated heterocycles. The Morgan fingerprint density at radius 3 is 2.41 bits per heavy atom. The Labute approximate surface area is 409 Å². The van der Waals surface area contributed by atoms with E-state index in [1.54, 1.807) is 62.2 Å². The molecule has 1 fully saturated rings. The summed E-state index contributed by atoms with van der Waals surface area (Å²) in [6, 6.07) is 8.74. The number of anilines is 5. The van der Waals surface area contributed by atoms with Crippen LogP contribution in [0.2, 0.25) is 0 Å². The molecule has 8 rings (SSSR count). The van der Waals surface area contributed by atoms with Crippen LogP contribution in [0, 0.1) is 11.8 Å². The second kappa shape index (κ2) is 22.4. The second-order valence-corrected chi connectivity index (χ2v) is 19.3. The molecule has 0 spiro atoms. The first-order valence-corrected chi connectivity index (χ1v) is 24.9. The van der Waals surface area contributed by atoms with Gasteiger partial charge in [-0.25, -0.2) is 13.8 Å². The van der Waals surface area contributed by atoms with Gasteiger partial charge in [-0.15, -0.1) is 4.91 Å².